The van der Waals surface area contributed by atoms with Gasteiger partial charge in [0.25, 0.3) is 0 Å². The van der Waals surface area contributed by atoms with Crippen molar-refractivity contribution in [2.24, 2.45) is 28.9 Å². The predicted molar refractivity (Wildman–Crippen MR) is 488 cm³/mol. The summed E-state index contributed by atoms with van der Waals surface area (Å²) in [5.74, 6) is -17.9. The predicted octanol–water partition coefficient (Wildman–Crippen LogP) is -3.65. The van der Waals surface area contributed by atoms with Gasteiger partial charge in [0.15, 0.2) is 0 Å². The van der Waals surface area contributed by atoms with Gasteiger partial charge in [0.2, 0.25) is 100 Å². The van der Waals surface area contributed by atoms with Gasteiger partial charge >= 0.3 is 0 Å². The number of hydrogen-bond donors (Lipinski definition) is 19. The number of primary amides is 2. The summed E-state index contributed by atoms with van der Waals surface area (Å²) in [7, 11) is 3.79. The van der Waals surface area contributed by atoms with Crippen LogP contribution in [-0.2, 0) is 101 Å². The van der Waals surface area contributed by atoms with Crippen molar-refractivity contribution in [3.63, 3.8) is 0 Å². The van der Waals surface area contributed by atoms with Gasteiger partial charge in [-0.05, 0) is 117 Å². The Labute approximate surface area is 772 Å². The molecule has 17 amide bonds. The van der Waals surface area contributed by atoms with Crippen molar-refractivity contribution in [3.8, 4) is 11.5 Å². The average Bonchev–Trinajstić information content (AvgIpc) is 1.56. The smallest absolute Gasteiger partial charge is 0.246 e. The van der Waals surface area contributed by atoms with E-state index in [9.17, 15) is 63.3 Å². The third kappa shape index (κ3) is 28.2. The number of phenols is 1. The second-order valence-electron chi connectivity index (χ2n) is 34.0. The Hall–Kier alpha value is -13.3. The highest BCUT2D eigenvalue weighted by Crippen LogP contribution is 2.28. The lowest BCUT2D eigenvalue weighted by Crippen LogP contribution is -2.62. The highest BCUT2D eigenvalue weighted by Gasteiger charge is 2.47. The number of nitrogens with two attached hydrogens (primary N) is 4. The minimum Gasteiger partial charge on any atom is -0.508 e. The molecule has 43 heteroatoms. The number of likely N-dealkylation sites (N-methyl/N-ethyl adjacent to an activating group) is 3. The number of carbonyl (C=O) groups excluding carboxylic acids is 17. The number of thioether (sulfide) groups is 1. The molecular formula is C90H123N21O21S. The lowest BCUT2D eigenvalue weighted by Gasteiger charge is -2.36. The summed E-state index contributed by atoms with van der Waals surface area (Å²) >= 11 is 0.750. The van der Waals surface area contributed by atoms with Crippen molar-refractivity contribution in [2.75, 3.05) is 78.6 Å². The van der Waals surface area contributed by atoms with E-state index in [1.54, 1.807) is 106 Å². The second kappa shape index (κ2) is 48.8. The first kappa shape index (κ1) is 103. The summed E-state index contributed by atoms with van der Waals surface area (Å²) in [6.45, 7) is 4.43. The van der Waals surface area contributed by atoms with E-state index < -0.39 is 248 Å². The maximum atomic E-state index is 15.8. The molecule has 2 aromatic heterocycles. The highest BCUT2D eigenvalue weighted by atomic mass is 32.2. The van der Waals surface area contributed by atoms with Crippen LogP contribution in [0.25, 0.3) is 21.8 Å². The van der Waals surface area contributed by atoms with Crippen molar-refractivity contribution in [1.82, 2.24) is 87.6 Å². The first-order valence-electron chi connectivity index (χ1n) is 44.2. The standard InChI is InChI=1S/C90H123N21O21S/c1-9-10-23-71-90(131)109(8)73(45-132-56-18-15-17-49(4)33-56)85(126)99-61(29-30-91)79(120)106-69(78(119)97-42-75(94)116)46-133-47-76(117)98-64(34-51-25-27-54(113)28-26-51)86(127)107(6)50(5)77(118)101-66(38-74(93)115)88(129)110-31-16-24-70(110)83(124)104-67(39-92)81(122)102-63(32-48(2)3)89(130)111-43-55(114)37-72(111)84(125)100-62(35-52-40-95-59-21-13-11-19-57(52)59)80(121)105-68(44-112)82(123)103-65(87(128)108(71)7)36-53-41-96-60-22-14-12-20-58(53)60/h11-15,17-22,25-28,33,40-41,48,50,55,61-73,95-96,112-114H,9-10,16,23-24,29-32,34-39,42-47,91-92H2,1-8H3,(H2,93,115)(H2,94,116)(H,97,119)(H,98,117)(H,99,126)(H,100,125)(H,101,118)(H,102,122)(H,103,123)(H,104,124)(H,105,121)(H,106,120)/t50-,55+,61-,62-,63-,64-,65-,66-,67-,68-,69-,70-,71-,72-,73-/m0/s1. The number of aryl methyl sites for hydroxylation is 1. The fraction of sp³-hybridized carbons (Fsp3) is 0.500. The van der Waals surface area contributed by atoms with E-state index in [0.717, 1.165) is 41.8 Å². The maximum Gasteiger partial charge on any atom is 0.246 e. The molecule has 0 unspecified atom stereocenters. The molecule has 42 nitrogen and oxygen atoms in total. The molecule has 15 atom stereocenters. The quantitative estimate of drug-likeness (QED) is 0.0294. The molecule has 0 saturated carbocycles. The molecule has 0 bridgehead atoms. The Kier molecular flexibility index (Phi) is 37.9. The number of aliphatic hydroxyl groups excluding tert-OH is 2. The number of hydrogen-bond acceptors (Lipinski definition) is 24. The average molecular weight is 1870 g/mol. The number of fused-ring (bicyclic) bond motifs is 4. The van der Waals surface area contributed by atoms with Crippen molar-refractivity contribution in [1.29, 1.82) is 0 Å². The van der Waals surface area contributed by atoms with Gasteiger partial charge in [0, 0.05) is 106 Å². The van der Waals surface area contributed by atoms with E-state index >= 15 is 33.6 Å². The number of rotatable bonds is 23. The van der Waals surface area contributed by atoms with E-state index in [1.165, 1.54) is 52.3 Å². The third-order valence-electron chi connectivity index (χ3n) is 23.6. The number of amides is 17. The summed E-state index contributed by atoms with van der Waals surface area (Å²) < 4.78 is 6.23. The Bertz CT molecular complexity index is 5190. The van der Waals surface area contributed by atoms with Crippen LogP contribution < -0.4 is 80.8 Å². The van der Waals surface area contributed by atoms with Gasteiger partial charge in [-0.3, -0.25) is 81.5 Å². The molecule has 3 fully saturated rings. The number of ether oxygens (including phenoxy) is 1. The van der Waals surface area contributed by atoms with Crippen LogP contribution in [0.3, 0.4) is 0 Å². The molecule has 6 aromatic rings. The summed E-state index contributed by atoms with van der Waals surface area (Å²) in [4.78, 5) is 260. The number of nitrogens with zero attached hydrogens (tertiary/aromatic N) is 5. The fourth-order valence-corrected chi connectivity index (χ4v) is 17.0. The number of phenolic OH excluding ortho intramolecular Hbond substituents is 1. The maximum absolute atomic E-state index is 15.8. The van der Waals surface area contributed by atoms with Crippen LogP contribution in [0.1, 0.15) is 108 Å². The molecule has 5 heterocycles. The lowest BCUT2D eigenvalue weighted by atomic mass is 10.0. The molecule has 3 saturated heterocycles. The molecule has 720 valence electrons. The Morgan fingerprint density at radius 2 is 1.13 bits per heavy atom. The summed E-state index contributed by atoms with van der Waals surface area (Å²) in [5.41, 5.74) is 26.8. The van der Waals surface area contributed by atoms with Gasteiger partial charge < -0.3 is 131 Å². The Morgan fingerprint density at radius 3 is 1.74 bits per heavy atom. The van der Waals surface area contributed by atoms with Gasteiger partial charge in [-0.15, -0.1) is 11.8 Å². The number of aliphatic hydroxyl groups is 2. The zero-order valence-corrected chi connectivity index (χ0v) is 76.4. The van der Waals surface area contributed by atoms with Crippen LogP contribution in [0.5, 0.6) is 11.5 Å². The highest BCUT2D eigenvalue weighted by molar-refractivity contribution is 8.00. The normalized spacial score (nSPS) is 25.0. The van der Waals surface area contributed by atoms with Crippen molar-refractivity contribution < 1.29 is 102 Å². The number of carbonyl (C=O) groups is 17. The molecule has 0 aliphatic carbocycles. The van der Waals surface area contributed by atoms with Gasteiger partial charge in [0.1, 0.15) is 103 Å². The monoisotopic (exact) mass is 1870 g/mol. The molecule has 0 radical (unpaired) electrons. The van der Waals surface area contributed by atoms with E-state index in [4.69, 9.17) is 27.7 Å². The van der Waals surface area contributed by atoms with Crippen LogP contribution in [0.4, 0.5) is 0 Å². The lowest BCUT2D eigenvalue weighted by molar-refractivity contribution is -0.150. The molecule has 4 aromatic carbocycles. The molecule has 0 spiro atoms. The van der Waals surface area contributed by atoms with Crippen molar-refractivity contribution >= 4 is 134 Å². The number of nitrogens with one attached hydrogen (secondary N) is 12. The number of benzene rings is 4. The van der Waals surface area contributed by atoms with Crippen LogP contribution in [-0.4, -0.2) is 319 Å². The van der Waals surface area contributed by atoms with Gasteiger partial charge in [0.05, 0.1) is 31.4 Å². The first-order valence-corrected chi connectivity index (χ1v) is 45.3. The van der Waals surface area contributed by atoms with Crippen molar-refractivity contribution in [3.05, 3.63) is 132 Å². The van der Waals surface area contributed by atoms with Gasteiger partial charge in [-0.2, -0.15) is 0 Å². The van der Waals surface area contributed by atoms with E-state index in [1.807, 2.05) is 6.92 Å². The van der Waals surface area contributed by atoms with Crippen molar-refractivity contribution in [2.45, 2.75) is 202 Å². The Balaban J connectivity index is 1.09. The van der Waals surface area contributed by atoms with Gasteiger partial charge in [-0.25, -0.2) is 0 Å². The fourth-order valence-electron chi connectivity index (χ4n) is 16.2. The number of H-pyrrole nitrogens is 2. The summed E-state index contributed by atoms with van der Waals surface area (Å²) in [6, 6.07) is 3.88. The molecule has 133 heavy (non-hydrogen) atoms. The number of aromatic hydroxyl groups is 1. The minimum atomic E-state index is -1.91. The third-order valence-corrected chi connectivity index (χ3v) is 24.6. The summed E-state index contributed by atoms with van der Waals surface area (Å²) in [5, 5.41) is 60.0. The zero-order valence-electron chi connectivity index (χ0n) is 75.6. The van der Waals surface area contributed by atoms with E-state index in [-0.39, 0.29) is 81.9 Å². The number of aromatic amines is 2. The Morgan fingerprint density at radius 1 is 0.571 bits per heavy atom. The zero-order chi connectivity index (χ0) is 97.2. The molecule has 3 aliphatic heterocycles. The van der Waals surface area contributed by atoms with E-state index in [0.29, 0.717) is 51.3 Å². The largest absolute Gasteiger partial charge is 0.508 e. The second-order valence-corrected chi connectivity index (χ2v) is 35.0. The number of aromatic nitrogens is 2. The minimum absolute atomic E-state index is 0.0191. The first-order chi connectivity index (χ1) is 63.3. The topological polar surface area (TPSA) is 632 Å². The van der Waals surface area contributed by atoms with Crippen LogP contribution in [0.15, 0.2) is 109 Å². The van der Waals surface area contributed by atoms with Crippen LogP contribution >= 0.6 is 11.8 Å². The molecular weight excluding hydrogens is 1740 g/mol. The molecule has 3 aliphatic rings. The van der Waals surface area contributed by atoms with Crippen LogP contribution in [0, 0.1) is 12.8 Å². The molecule has 9 rings (SSSR count). The van der Waals surface area contributed by atoms with Gasteiger partial charge in [-0.1, -0.05) is 94.3 Å². The number of unbranched alkanes of at least 4 members (excludes halogenated alkanes) is 1. The number of para-hydroxylation sites is 2. The SMILES string of the molecule is CCCC[C@H]1C(=O)N(C)[C@@H](COc2cccc(C)c2)C(=O)N[C@@H](CCN)C(=O)N[C@H](C(=O)NCC(N)=O)CSCC(=O)N[C@@H](Cc2ccc(O)cc2)C(=O)N(C)[C@@H](C)C(=O)N[C@@H](CC(N)=O)C(=O)N2CCC[C@H]2C(=O)N[C@@H](CN)C(=O)N[C@@H](CC(C)C)C(=O)N2C[C@H](O)C[C@H]2C(=O)N[C@@H](Cc2c[nH]c3ccccc23)C(=O)N[C@@H](CO)C(=O)N[C@@H](Cc2c[nH]c3ccccc23)C(=O)N1C. The van der Waals surface area contributed by atoms with E-state index in [2.05, 4.69) is 63.1 Å². The van der Waals surface area contributed by atoms with Crippen LogP contribution in [0.2, 0.25) is 0 Å². The summed E-state index contributed by atoms with van der Waals surface area (Å²) in [6.07, 6.45) is 0.187. The molecule has 23 N–H and O–H groups in total.